The molecule has 2 N–H and O–H groups in total. The van der Waals surface area contributed by atoms with Crippen molar-refractivity contribution < 1.29 is 9.90 Å². The van der Waals surface area contributed by atoms with E-state index in [4.69, 9.17) is 5.11 Å². The van der Waals surface area contributed by atoms with Crippen molar-refractivity contribution in [1.29, 1.82) is 0 Å². The van der Waals surface area contributed by atoms with Gasteiger partial charge in [0.05, 0.1) is 6.42 Å². The van der Waals surface area contributed by atoms with Crippen LogP contribution in [0.15, 0.2) is 23.8 Å². The Morgan fingerprint density at radius 1 is 1.39 bits per heavy atom. The smallest absolute Gasteiger partial charge is 0.308 e. The molecule has 98 valence electrons. The maximum atomic E-state index is 10.6. The molecule has 4 heteroatoms. The average Bonchev–Trinajstić information content (AvgIpc) is 2.95. The number of thiophene rings is 1. The minimum atomic E-state index is -0.760. The van der Waals surface area contributed by atoms with Crippen LogP contribution in [0.1, 0.15) is 35.4 Å². The molecule has 0 aliphatic heterocycles. The van der Waals surface area contributed by atoms with Gasteiger partial charge in [0.25, 0.3) is 0 Å². The highest BCUT2D eigenvalue weighted by Gasteiger charge is 2.05. The molecule has 3 nitrogen and oxygen atoms in total. The lowest BCUT2D eigenvalue weighted by Gasteiger charge is -2.03. The number of carboxylic acids is 1. The second-order valence-electron chi connectivity index (χ2n) is 4.62. The van der Waals surface area contributed by atoms with Gasteiger partial charge in [-0.25, -0.2) is 0 Å². The Labute approximate surface area is 112 Å². The summed E-state index contributed by atoms with van der Waals surface area (Å²) < 4.78 is 0. The van der Waals surface area contributed by atoms with Crippen molar-refractivity contribution in [3.8, 4) is 0 Å². The Morgan fingerprint density at radius 2 is 2.22 bits per heavy atom. The van der Waals surface area contributed by atoms with Gasteiger partial charge in [0, 0.05) is 16.3 Å². The molecule has 0 aromatic carbocycles. The summed E-state index contributed by atoms with van der Waals surface area (Å²) in [6, 6.07) is 3.93. The first-order valence-electron chi connectivity index (χ1n) is 6.42. The molecule has 0 bridgehead atoms. The molecule has 0 fully saturated rings. The molecular weight excluding hydrogens is 246 g/mol. The van der Waals surface area contributed by atoms with Gasteiger partial charge in [-0.2, -0.15) is 0 Å². The number of nitrogens with one attached hydrogen (secondary N) is 1. The summed E-state index contributed by atoms with van der Waals surface area (Å²) in [6.07, 6.45) is 7.48. The molecule has 1 aromatic heterocycles. The highest BCUT2D eigenvalue weighted by molar-refractivity contribution is 7.12. The normalized spacial score (nSPS) is 14.8. The van der Waals surface area contributed by atoms with E-state index >= 15 is 0 Å². The fourth-order valence-electron chi connectivity index (χ4n) is 2.19. The molecule has 2 rings (SSSR count). The topological polar surface area (TPSA) is 49.3 Å². The third kappa shape index (κ3) is 4.27. The van der Waals surface area contributed by atoms with E-state index in [1.54, 1.807) is 16.9 Å². The van der Waals surface area contributed by atoms with Gasteiger partial charge in [-0.3, -0.25) is 4.79 Å². The first-order valence-corrected chi connectivity index (χ1v) is 7.23. The number of carboxylic acid groups (broad SMARTS) is 1. The number of aliphatic carboxylic acids is 1. The second-order valence-corrected chi connectivity index (χ2v) is 5.87. The Kier molecular flexibility index (Phi) is 4.96. The molecular formula is C14H19NO2S. The van der Waals surface area contributed by atoms with E-state index in [2.05, 4.69) is 11.4 Å². The van der Waals surface area contributed by atoms with Crippen LogP contribution in [-0.4, -0.2) is 17.6 Å². The van der Waals surface area contributed by atoms with Crippen molar-refractivity contribution in [1.82, 2.24) is 5.32 Å². The molecule has 1 aliphatic carbocycles. The SMILES string of the molecule is O=C(O)Cc1ccc(CNCCC2=CCCC2)s1. The number of carbonyl (C=O) groups is 1. The summed E-state index contributed by atoms with van der Waals surface area (Å²) >= 11 is 1.59. The van der Waals surface area contributed by atoms with Crippen LogP contribution in [0, 0.1) is 0 Å². The molecule has 1 heterocycles. The number of allylic oxidation sites excluding steroid dienone is 1. The lowest BCUT2D eigenvalue weighted by Crippen LogP contribution is -2.14. The summed E-state index contributed by atoms with van der Waals surface area (Å²) in [4.78, 5) is 12.7. The van der Waals surface area contributed by atoms with E-state index in [-0.39, 0.29) is 6.42 Å². The maximum absolute atomic E-state index is 10.6. The summed E-state index contributed by atoms with van der Waals surface area (Å²) in [5, 5.41) is 12.1. The van der Waals surface area contributed by atoms with Crippen molar-refractivity contribution in [2.45, 2.75) is 38.6 Å². The molecule has 0 saturated heterocycles. The third-order valence-electron chi connectivity index (χ3n) is 3.10. The Bertz CT molecular complexity index is 437. The van der Waals surface area contributed by atoms with Gasteiger partial charge in [0.1, 0.15) is 0 Å². The summed E-state index contributed by atoms with van der Waals surface area (Å²) in [5.74, 6) is -0.760. The predicted octanol–water partition coefficient (Wildman–Crippen LogP) is 2.97. The zero-order chi connectivity index (χ0) is 12.8. The fourth-order valence-corrected chi connectivity index (χ4v) is 3.17. The highest BCUT2D eigenvalue weighted by atomic mass is 32.1. The number of hydrogen-bond acceptors (Lipinski definition) is 3. The van der Waals surface area contributed by atoms with Gasteiger partial charge in [-0.1, -0.05) is 11.6 Å². The zero-order valence-corrected chi connectivity index (χ0v) is 11.3. The summed E-state index contributed by atoms with van der Waals surface area (Å²) in [5.41, 5.74) is 1.58. The Hall–Kier alpha value is -1.13. The van der Waals surface area contributed by atoms with Crippen molar-refractivity contribution in [3.63, 3.8) is 0 Å². The molecule has 0 radical (unpaired) electrons. The zero-order valence-electron chi connectivity index (χ0n) is 10.4. The molecule has 0 amide bonds. The van der Waals surface area contributed by atoms with Crippen LogP contribution in [-0.2, 0) is 17.8 Å². The first kappa shape index (κ1) is 13.3. The van der Waals surface area contributed by atoms with Gasteiger partial charge >= 0.3 is 5.97 Å². The van der Waals surface area contributed by atoms with Crippen LogP contribution in [0.25, 0.3) is 0 Å². The lowest BCUT2D eigenvalue weighted by molar-refractivity contribution is -0.136. The molecule has 0 spiro atoms. The van der Waals surface area contributed by atoms with Gasteiger partial charge in [-0.05, 0) is 44.4 Å². The fraction of sp³-hybridized carbons (Fsp3) is 0.500. The Morgan fingerprint density at radius 3 is 2.94 bits per heavy atom. The van der Waals surface area contributed by atoms with Gasteiger partial charge in [-0.15, -0.1) is 11.3 Å². The van der Waals surface area contributed by atoms with E-state index in [0.29, 0.717) is 0 Å². The van der Waals surface area contributed by atoms with Crippen molar-refractivity contribution in [2.24, 2.45) is 0 Å². The van der Waals surface area contributed by atoms with E-state index in [1.165, 1.54) is 24.1 Å². The lowest BCUT2D eigenvalue weighted by atomic mass is 10.2. The molecule has 1 aliphatic rings. The van der Waals surface area contributed by atoms with Crippen LogP contribution in [0.3, 0.4) is 0 Å². The molecule has 0 unspecified atom stereocenters. The maximum Gasteiger partial charge on any atom is 0.308 e. The average molecular weight is 265 g/mol. The van der Waals surface area contributed by atoms with Gasteiger partial charge in [0.15, 0.2) is 0 Å². The van der Waals surface area contributed by atoms with Crippen LogP contribution < -0.4 is 5.32 Å². The van der Waals surface area contributed by atoms with E-state index < -0.39 is 5.97 Å². The van der Waals surface area contributed by atoms with Crippen molar-refractivity contribution in [2.75, 3.05) is 6.54 Å². The quantitative estimate of drug-likeness (QED) is 0.588. The van der Waals surface area contributed by atoms with Crippen LogP contribution in [0.2, 0.25) is 0 Å². The van der Waals surface area contributed by atoms with Crippen LogP contribution >= 0.6 is 11.3 Å². The van der Waals surface area contributed by atoms with E-state index in [0.717, 1.165) is 24.4 Å². The highest BCUT2D eigenvalue weighted by Crippen LogP contribution is 2.20. The minimum Gasteiger partial charge on any atom is -0.481 e. The summed E-state index contributed by atoms with van der Waals surface area (Å²) in [7, 11) is 0. The standard InChI is InChI=1S/C14H19NO2S/c16-14(17)9-12-5-6-13(18-12)10-15-8-7-11-3-1-2-4-11/h3,5-6,15H,1-2,4,7-10H2,(H,16,17). The molecule has 0 saturated carbocycles. The van der Waals surface area contributed by atoms with Gasteiger partial charge in [0.2, 0.25) is 0 Å². The van der Waals surface area contributed by atoms with Crippen LogP contribution in [0.5, 0.6) is 0 Å². The first-order chi connectivity index (χ1) is 8.74. The summed E-state index contributed by atoms with van der Waals surface area (Å²) in [6.45, 7) is 1.86. The Balaban J connectivity index is 1.66. The number of rotatable bonds is 7. The monoisotopic (exact) mass is 265 g/mol. The van der Waals surface area contributed by atoms with Gasteiger partial charge < -0.3 is 10.4 Å². The molecule has 0 atom stereocenters. The van der Waals surface area contributed by atoms with Crippen molar-refractivity contribution >= 4 is 17.3 Å². The van der Waals surface area contributed by atoms with Crippen molar-refractivity contribution in [3.05, 3.63) is 33.5 Å². The minimum absolute atomic E-state index is 0.136. The predicted molar refractivity (Wildman–Crippen MR) is 73.9 cm³/mol. The van der Waals surface area contributed by atoms with E-state index in [1.807, 2.05) is 12.1 Å². The third-order valence-corrected chi connectivity index (χ3v) is 4.19. The largest absolute Gasteiger partial charge is 0.481 e. The number of hydrogen-bond donors (Lipinski definition) is 2. The van der Waals surface area contributed by atoms with Crippen LogP contribution in [0.4, 0.5) is 0 Å². The second kappa shape index (κ2) is 6.71. The molecule has 18 heavy (non-hydrogen) atoms. The van der Waals surface area contributed by atoms with E-state index in [9.17, 15) is 4.79 Å². The molecule has 1 aromatic rings.